The van der Waals surface area contributed by atoms with Crippen molar-refractivity contribution in [2.24, 2.45) is 0 Å². The first kappa shape index (κ1) is 50.0. The monoisotopic (exact) mass is 917 g/mol. The van der Waals surface area contributed by atoms with Gasteiger partial charge in [0.2, 0.25) is 0 Å². The minimum Gasteiger partial charge on any atom is -0.507 e. The first-order chi connectivity index (χ1) is 31.7. The van der Waals surface area contributed by atoms with Crippen LogP contribution in [0.15, 0.2) is 91.0 Å². The Balaban J connectivity index is 0.000000226. The van der Waals surface area contributed by atoms with Gasteiger partial charge in [0.1, 0.15) is 40.9 Å². The number of aliphatic hydroxyl groups excluding tert-OH is 2. The number of likely N-dealkylation sites (tertiary alicyclic amines) is 2. The van der Waals surface area contributed by atoms with E-state index in [0.717, 1.165) is 47.9 Å². The van der Waals surface area contributed by atoms with Crippen LogP contribution in [0, 0.1) is 0 Å². The van der Waals surface area contributed by atoms with E-state index in [9.17, 15) is 24.9 Å². The number of ether oxygens (including phenoxy) is 3. The fraction of sp³-hybridized carbons (Fsp3) is 0.434. The molecule has 2 saturated heterocycles. The van der Waals surface area contributed by atoms with Gasteiger partial charge in [-0.15, -0.1) is 0 Å². The SMILES string of the molecule is CC(O)c1c(C2CCCN(C(=O)OC(C)(C)C)C2)cc(-c2ccccc2O)nc1N.CC(O)c1c(C2CCCN(C(=O)OC(C)(C)C)C2)cc(-c2ccccc2OCc2ccccc2)nc1N. The molecule has 0 bridgehead atoms. The maximum Gasteiger partial charge on any atom is 0.410 e. The molecule has 2 amide bonds. The molecular weight excluding hydrogens is 849 g/mol. The van der Waals surface area contributed by atoms with Crippen molar-refractivity contribution >= 4 is 23.8 Å². The predicted octanol–water partition coefficient (Wildman–Crippen LogP) is 10.3. The predicted molar refractivity (Wildman–Crippen MR) is 261 cm³/mol. The quantitative estimate of drug-likeness (QED) is 0.0936. The molecule has 4 unspecified atom stereocenters. The fourth-order valence-electron chi connectivity index (χ4n) is 8.73. The number of hydrogen-bond donors (Lipinski definition) is 5. The number of piperidine rings is 2. The highest BCUT2D eigenvalue weighted by atomic mass is 16.6. The fourth-order valence-corrected chi connectivity index (χ4v) is 8.73. The number of phenols is 1. The summed E-state index contributed by atoms with van der Waals surface area (Å²) in [7, 11) is 0. The molecule has 358 valence electrons. The second-order valence-electron chi connectivity index (χ2n) is 19.5. The lowest BCUT2D eigenvalue weighted by Gasteiger charge is -2.35. The number of aliphatic hydroxyl groups is 2. The van der Waals surface area contributed by atoms with Crippen LogP contribution in [0.3, 0.4) is 0 Å². The normalized spacial score (nSPS) is 17.4. The molecule has 4 atom stereocenters. The Morgan fingerprint density at radius 1 is 0.672 bits per heavy atom. The zero-order valence-electron chi connectivity index (χ0n) is 40.2. The number of rotatable bonds is 9. The molecule has 7 rings (SSSR count). The number of aromatic hydroxyl groups is 1. The first-order valence-corrected chi connectivity index (χ1v) is 23.2. The zero-order chi connectivity index (χ0) is 48.6. The van der Waals surface area contributed by atoms with Crippen LogP contribution < -0.4 is 16.2 Å². The van der Waals surface area contributed by atoms with Crippen LogP contribution >= 0.6 is 0 Å². The van der Waals surface area contributed by atoms with Crippen molar-refractivity contribution in [2.75, 3.05) is 37.6 Å². The van der Waals surface area contributed by atoms with E-state index in [1.807, 2.05) is 114 Å². The van der Waals surface area contributed by atoms with E-state index in [1.54, 1.807) is 41.8 Å². The van der Waals surface area contributed by atoms with Gasteiger partial charge < -0.3 is 50.8 Å². The van der Waals surface area contributed by atoms with Crippen LogP contribution in [0.5, 0.6) is 11.5 Å². The zero-order valence-corrected chi connectivity index (χ0v) is 40.2. The van der Waals surface area contributed by atoms with E-state index in [1.165, 1.54) is 0 Å². The number of hydrogen-bond acceptors (Lipinski definition) is 12. The molecular formula is C53H68N6O8. The summed E-state index contributed by atoms with van der Waals surface area (Å²) < 4.78 is 17.3. The van der Waals surface area contributed by atoms with Gasteiger partial charge in [0.15, 0.2) is 0 Å². The molecule has 14 heteroatoms. The number of aromatic nitrogens is 2. The lowest BCUT2D eigenvalue weighted by molar-refractivity contribution is 0.0187. The Morgan fingerprint density at radius 3 is 1.57 bits per heavy atom. The van der Waals surface area contributed by atoms with Gasteiger partial charge in [0.05, 0.1) is 23.6 Å². The van der Waals surface area contributed by atoms with Crippen molar-refractivity contribution in [1.82, 2.24) is 19.8 Å². The lowest BCUT2D eigenvalue weighted by atomic mass is 9.85. The van der Waals surface area contributed by atoms with Crippen LogP contribution in [-0.2, 0) is 16.1 Å². The number of para-hydroxylation sites is 2. The van der Waals surface area contributed by atoms with Gasteiger partial charge >= 0.3 is 12.2 Å². The minimum atomic E-state index is -0.803. The van der Waals surface area contributed by atoms with Crippen molar-refractivity contribution in [2.45, 2.75) is 123 Å². The van der Waals surface area contributed by atoms with Crippen molar-refractivity contribution in [3.8, 4) is 34.0 Å². The Labute approximate surface area is 394 Å². The van der Waals surface area contributed by atoms with Gasteiger partial charge in [-0.2, -0.15) is 0 Å². The molecule has 2 fully saturated rings. The second kappa shape index (κ2) is 21.5. The number of nitrogens with two attached hydrogens (primary N) is 2. The van der Waals surface area contributed by atoms with E-state index in [-0.39, 0.29) is 41.4 Å². The molecule has 7 N–H and O–H groups in total. The highest BCUT2D eigenvalue weighted by Gasteiger charge is 2.33. The average Bonchev–Trinajstić information content (AvgIpc) is 3.27. The molecule has 14 nitrogen and oxygen atoms in total. The number of anilines is 2. The Bertz CT molecular complexity index is 2480. The number of pyridine rings is 2. The minimum absolute atomic E-state index is 0.00711. The lowest BCUT2D eigenvalue weighted by Crippen LogP contribution is -2.42. The number of amides is 2. The van der Waals surface area contributed by atoms with Gasteiger partial charge in [-0.3, -0.25) is 0 Å². The van der Waals surface area contributed by atoms with Crippen molar-refractivity contribution in [3.63, 3.8) is 0 Å². The highest BCUT2D eigenvalue weighted by molar-refractivity contribution is 5.73. The molecule has 0 spiro atoms. The third kappa shape index (κ3) is 13.2. The molecule has 0 aliphatic carbocycles. The largest absolute Gasteiger partial charge is 0.507 e. The number of carbonyl (C=O) groups is 2. The Kier molecular flexibility index (Phi) is 16.1. The van der Waals surface area contributed by atoms with Crippen molar-refractivity contribution in [3.05, 3.63) is 119 Å². The third-order valence-electron chi connectivity index (χ3n) is 11.7. The maximum absolute atomic E-state index is 12.8. The van der Waals surface area contributed by atoms with Gasteiger partial charge in [-0.1, -0.05) is 54.6 Å². The first-order valence-electron chi connectivity index (χ1n) is 23.2. The number of benzene rings is 3. The summed E-state index contributed by atoms with van der Waals surface area (Å²) >= 11 is 0. The number of nitrogens with zero attached hydrogens (tertiary/aromatic N) is 4. The van der Waals surface area contributed by atoms with Crippen LogP contribution in [0.4, 0.5) is 21.2 Å². The molecule has 0 saturated carbocycles. The van der Waals surface area contributed by atoms with Crippen molar-refractivity contribution in [1.29, 1.82) is 0 Å². The van der Waals surface area contributed by atoms with Gasteiger partial charge in [0, 0.05) is 60.3 Å². The molecule has 2 aliphatic heterocycles. The molecule has 0 radical (unpaired) electrons. The Morgan fingerprint density at radius 2 is 1.10 bits per heavy atom. The summed E-state index contributed by atoms with van der Waals surface area (Å²) in [6.45, 7) is 17.1. The van der Waals surface area contributed by atoms with Crippen LogP contribution in [0.2, 0.25) is 0 Å². The standard InChI is InChI=1S/C30H37N3O4.C23H31N3O4/c1-20(34)27-24(22-13-10-16-33(18-22)29(35)37-30(2,3)4)17-25(32-28(27)31)23-14-8-9-15-26(23)36-19-21-11-6-5-7-12-21;1-14(27)20-17(12-18(25-21(20)24)16-9-5-6-10-19(16)28)15-8-7-11-26(13-15)22(29)30-23(2,3)4/h5-9,11-12,14-15,17,20,22,34H,10,13,16,18-19H2,1-4H3,(H2,31,32);5-6,9-10,12,14-15,27-28H,7-8,11,13H2,1-4H3,(H2,24,25). The van der Waals surface area contributed by atoms with E-state index < -0.39 is 23.4 Å². The topological polar surface area (TPSA) is 207 Å². The van der Waals surface area contributed by atoms with Crippen LogP contribution in [0.25, 0.3) is 22.5 Å². The summed E-state index contributed by atoms with van der Waals surface area (Å²) in [5, 5.41) is 31.3. The van der Waals surface area contributed by atoms with Gasteiger partial charge in [0.25, 0.3) is 0 Å². The molecule has 3 aromatic carbocycles. The molecule has 67 heavy (non-hydrogen) atoms. The molecule has 2 aromatic heterocycles. The number of carbonyl (C=O) groups excluding carboxylic acids is 2. The molecule has 4 heterocycles. The second-order valence-corrected chi connectivity index (χ2v) is 19.5. The molecule has 2 aliphatic rings. The van der Waals surface area contributed by atoms with Crippen LogP contribution in [-0.4, -0.2) is 84.7 Å². The summed E-state index contributed by atoms with van der Waals surface area (Å²) in [5.74, 6) is 1.30. The summed E-state index contributed by atoms with van der Waals surface area (Å²) in [4.78, 5) is 38.0. The van der Waals surface area contributed by atoms with E-state index >= 15 is 0 Å². The summed E-state index contributed by atoms with van der Waals surface area (Å²) in [6.07, 6.45) is 1.11. The third-order valence-corrected chi connectivity index (χ3v) is 11.7. The van der Waals surface area contributed by atoms with Crippen molar-refractivity contribution < 1.29 is 39.1 Å². The summed E-state index contributed by atoms with van der Waals surface area (Å²) in [6, 6.07) is 28.5. The van der Waals surface area contributed by atoms with E-state index in [2.05, 4.69) is 9.97 Å². The molecule has 5 aromatic rings. The van der Waals surface area contributed by atoms with Gasteiger partial charge in [-0.05, 0) is 134 Å². The smallest absolute Gasteiger partial charge is 0.410 e. The van der Waals surface area contributed by atoms with E-state index in [0.29, 0.717) is 66.6 Å². The Hall–Kier alpha value is -6.38. The number of phenolic OH excluding ortho intramolecular Hbond substituents is 1. The average molecular weight is 917 g/mol. The van der Waals surface area contributed by atoms with Gasteiger partial charge in [-0.25, -0.2) is 19.6 Å². The highest BCUT2D eigenvalue weighted by Crippen LogP contribution is 2.41. The summed E-state index contributed by atoms with van der Waals surface area (Å²) in [5.41, 5.74) is 18.2. The van der Waals surface area contributed by atoms with Crippen LogP contribution in [0.1, 0.15) is 133 Å². The number of nitrogen functional groups attached to an aromatic ring is 2. The van der Waals surface area contributed by atoms with E-state index in [4.69, 9.17) is 25.7 Å². The maximum atomic E-state index is 12.8.